The van der Waals surface area contributed by atoms with Crippen LogP contribution in [-0.2, 0) is 6.61 Å². The Morgan fingerprint density at radius 1 is 1.32 bits per heavy atom. The van der Waals surface area contributed by atoms with Gasteiger partial charge in [-0.3, -0.25) is 10.1 Å². The van der Waals surface area contributed by atoms with E-state index in [1.165, 1.54) is 7.11 Å². The Labute approximate surface area is 173 Å². The zero-order chi connectivity index (χ0) is 18.6. The monoisotopic (exact) mass is 510 g/mol. The van der Waals surface area contributed by atoms with Crippen molar-refractivity contribution in [2.75, 3.05) is 7.11 Å². The third-order valence-electron chi connectivity index (χ3n) is 3.15. The van der Waals surface area contributed by atoms with E-state index in [0.29, 0.717) is 36.2 Å². The average Bonchev–Trinajstić information content (AvgIpc) is 2.54. The highest BCUT2D eigenvalue weighted by atomic mass is 127. The molecule has 0 bridgehead atoms. The summed E-state index contributed by atoms with van der Waals surface area (Å²) in [5.41, 5.74) is 6.34. The molecule has 0 unspecified atom stereocenters. The van der Waals surface area contributed by atoms with Crippen molar-refractivity contribution in [2.45, 2.75) is 6.61 Å². The second-order valence-corrected chi connectivity index (χ2v) is 7.21. The van der Waals surface area contributed by atoms with Crippen LogP contribution in [0.4, 0.5) is 0 Å². The minimum atomic E-state index is -0.426. The van der Waals surface area contributed by atoms with Gasteiger partial charge in [-0.15, -0.1) is 0 Å². The quantitative estimate of drug-likeness (QED) is 0.466. The summed E-state index contributed by atoms with van der Waals surface area (Å²) in [6.45, 7) is 0.156. The Morgan fingerprint density at radius 3 is 2.52 bits per heavy atom. The molecule has 0 atom stereocenters. The zero-order valence-corrected chi connectivity index (χ0v) is 17.4. The second kappa shape index (κ2) is 8.88. The van der Waals surface area contributed by atoms with Gasteiger partial charge >= 0.3 is 0 Å². The molecule has 0 saturated carbocycles. The molecule has 2 aromatic carbocycles. The molecule has 0 aliphatic heterocycles. The van der Waals surface area contributed by atoms with E-state index in [4.69, 9.17) is 38.4 Å². The molecule has 2 aromatic rings. The van der Waals surface area contributed by atoms with Crippen molar-refractivity contribution >= 4 is 69.0 Å². The first-order chi connectivity index (χ1) is 11.8. The molecule has 0 saturated heterocycles. The van der Waals surface area contributed by atoms with Crippen molar-refractivity contribution in [1.82, 2.24) is 5.32 Å². The molecule has 5 nitrogen and oxygen atoms in total. The lowest BCUT2D eigenvalue weighted by Gasteiger charge is -2.15. The van der Waals surface area contributed by atoms with Crippen LogP contribution < -0.4 is 20.5 Å². The maximum Gasteiger partial charge on any atom is 0.257 e. The number of methoxy groups -OCH3 is 1. The summed E-state index contributed by atoms with van der Waals surface area (Å²) < 4.78 is 11.8. The number of benzene rings is 2. The summed E-state index contributed by atoms with van der Waals surface area (Å²) in [5, 5.41) is 3.28. The van der Waals surface area contributed by atoms with Crippen molar-refractivity contribution in [3.05, 3.63) is 55.1 Å². The summed E-state index contributed by atoms with van der Waals surface area (Å²) >= 11 is 19.0. The van der Waals surface area contributed by atoms with Gasteiger partial charge in [-0.05, 0) is 59.1 Å². The fourth-order valence-corrected chi connectivity index (χ4v) is 3.35. The number of nitrogens with one attached hydrogen (secondary N) is 1. The highest BCUT2D eigenvalue weighted by Crippen LogP contribution is 2.35. The van der Waals surface area contributed by atoms with E-state index in [1.54, 1.807) is 30.3 Å². The Hall–Kier alpha value is -1.29. The van der Waals surface area contributed by atoms with Gasteiger partial charge in [-0.2, -0.15) is 0 Å². The van der Waals surface area contributed by atoms with E-state index in [-0.39, 0.29) is 11.7 Å². The average molecular weight is 511 g/mol. The lowest BCUT2D eigenvalue weighted by atomic mass is 10.2. The van der Waals surface area contributed by atoms with E-state index >= 15 is 0 Å². The van der Waals surface area contributed by atoms with E-state index in [2.05, 4.69) is 17.5 Å². The van der Waals surface area contributed by atoms with Crippen molar-refractivity contribution < 1.29 is 14.3 Å². The molecule has 0 aromatic heterocycles. The van der Waals surface area contributed by atoms with Crippen molar-refractivity contribution in [3.8, 4) is 11.5 Å². The summed E-state index contributed by atoms with van der Waals surface area (Å²) in [7, 11) is 1.48. The van der Waals surface area contributed by atoms with Gasteiger partial charge < -0.3 is 15.2 Å². The first-order valence-electron chi connectivity index (χ1n) is 6.87. The van der Waals surface area contributed by atoms with Crippen LogP contribution in [0.3, 0.4) is 0 Å². The molecule has 0 aliphatic carbocycles. The first-order valence-corrected chi connectivity index (χ1v) is 9.11. The van der Waals surface area contributed by atoms with Crippen LogP contribution in [0.5, 0.6) is 11.5 Å². The molecule has 9 heteroatoms. The van der Waals surface area contributed by atoms with E-state index < -0.39 is 5.91 Å². The lowest BCUT2D eigenvalue weighted by molar-refractivity contribution is 0.0977. The number of amides is 1. The molecule has 0 fully saturated rings. The predicted molar refractivity (Wildman–Crippen MR) is 111 cm³/mol. The summed E-state index contributed by atoms with van der Waals surface area (Å²) in [5.74, 6) is 0.443. The molecule has 25 heavy (non-hydrogen) atoms. The van der Waals surface area contributed by atoms with Gasteiger partial charge in [-0.1, -0.05) is 29.3 Å². The van der Waals surface area contributed by atoms with Crippen molar-refractivity contribution in [1.29, 1.82) is 0 Å². The van der Waals surface area contributed by atoms with Gasteiger partial charge in [0.2, 0.25) is 0 Å². The van der Waals surface area contributed by atoms with Gasteiger partial charge in [0.1, 0.15) is 6.61 Å². The molecule has 1 amide bonds. The molecular weight excluding hydrogens is 498 g/mol. The van der Waals surface area contributed by atoms with Crippen LogP contribution in [0, 0.1) is 3.57 Å². The van der Waals surface area contributed by atoms with Gasteiger partial charge in [0.05, 0.1) is 10.7 Å². The molecule has 0 heterocycles. The number of carbonyl (C=O) groups is 1. The number of hydrogen-bond acceptors (Lipinski definition) is 4. The van der Waals surface area contributed by atoms with Gasteiger partial charge in [0.25, 0.3) is 5.91 Å². The predicted octanol–water partition coefficient (Wildman–Crippen LogP) is 4.16. The summed E-state index contributed by atoms with van der Waals surface area (Å²) in [4.78, 5) is 12.0. The van der Waals surface area contributed by atoms with Crippen LogP contribution in [0.2, 0.25) is 10.0 Å². The molecule has 0 radical (unpaired) electrons. The van der Waals surface area contributed by atoms with Crippen LogP contribution >= 0.6 is 58.0 Å². The topological polar surface area (TPSA) is 73.6 Å². The van der Waals surface area contributed by atoms with Gasteiger partial charge in [0.15, 0.2) is 16.6 Å². The van der Waals surface area contributed by atoms with Crippen LogP contribution in [0.1, 0.15) is 15.9 Å². The number of halogens is 3. The smallest absolute Gasteiger partial charge is 0.257 e. The van der Waals surface area contributed by atoms with Gasteiger partial charge in [-0.25, -0.2) is 0 Å². The third kappa shape index (κ3) is 5.10. The Bertz CT molecular complexity index is 813. The van der Waals surface area contributed by atoms with E-state index in [1.807, 2.05) is 22.6 Å². The number of ether oxygens (including phenoxy) is 2. The molecule has 0 spiro atoms. The highest BCUT2D eigenvalue weighted by Gasteiger charge is 2.17. The largest absolute Gasteiger partial charge is 0.493 e. The van der Waals surface area contributed by atoms with Crippen molar-refractivity contribution in [3.63, 3.8) is 0 Å². The van der Waals surface area contributed by atoms with Gasteiger partial charge in [0, 0.05) is 21.2 Å². The summed E-state index contributed by atoms with van der Waals surface area (Å²) in [6.07, 6.45) is 0. The lowest BCUT2D eigenvalue weighted by Crippen LogP contribution is -2.34. The molecule has 2 rings (SSSR count). The van der Waals surface area contributed by atoms with E-state index in [0.717, 1.165) is 0 Å². The van der Waals surface area contributed by atoms with Crippen LogP contribution in [-0.4, -0.2) is 18.1 Å². The maximum absolute atomic E-state index is 12.0. The number of carbonyl (C=O) groups excluding carboxylic acids is 1. The third-order valence-corrected chi connectivity index (χ3v) is 4.76. The number of nitrogens with two attached hydrogens (primary N) is 1. The van der Waals surface area contributed by atoms with Crippen molar-refractivity contribution in [2.24, 2.45) is 5.73 Å². The number of rotatable bonds is 5. The second-order valence-electron chi connectivity index (χ2n) is 4.80. The molecule has 132 valence electrons. The fourth-order valence-electron chi connectivity index (χ4n) is 1.99. The minimum Gasteiger partial charge on any atom is -0.493 e. The standard InChI is InChI=1S/C16H13Cl2IN2O3S/c1-23-13-6-8(15(22)21-16(20)25)5-12(19)14(13)24-7-9-10(17)3-2-4-11(9)18/h2-6H,7H2,1H3,(H3,20,21,22,25). The number of hydrogen-bond donors (Lipinski definition) is 2. The molecule has 0 aliphatic rings. The Morgan fingerprint density at radius 2 is 1.96 bits per heavy atom. The first kappa shape index (κ1) is 20.0. The van der Waals surface area contributed by atoms with Crippen LogP contribution in [0.25, 0.3) is 0 Å². The molecular formula is C16H13Cl2IN2O3S. The Kier molecular flexibility index (Phi) is 7.12. The maximum atomic E-state index is 12.0. The highest BCUT2D eigenvalue weighted by molar-refractivity contribution is 14.1. The van der Waals surface area contributed by atoms with E-state index in [9.17, 15) is 4.79 Å². The normalized spacial score (nSPS) is 10.2. The zero-order valence-electron chi connectivity index (χ0n) is 12.9. The number of thiocarbonyl (C=S) groups is 1. The fraction of sp³-hybridized carbons (Fsp3) is 0.125. The molecule has 3 N–H and O–H groups in total. The Balaban J connectivity index is 2.29. The SMILES string of the molecule is COc1cc(C(=O)NC(N)=S)cc(I)c1OCc1c(Cl)cccc1Cl. The van der Waals surface area contributed by atoms with Crippen LogP contribution in [0.15, 0.2) is 30.3 Å². The minimum absolute atomic E-state index is 0.104. The summed E-state index contributed by atoms with van der Waals surface area (Å²) in [6, 6.07) is 8.41.